The van der Waals surface area contributed by atoms with Crippen LogP contribution in [-0.4, -0.2) is 56.7 Å². The van der Waals surface area contributed by atoms with Gasteiger partial charge in [0.05, 0.1) is 19.8 Å². The smallest absolute Gasteiger partial charge is 0.407 e. The number of aliphatic hydroxyl groups excluding tert-OH is 1. The summed E-state index contributed by atoms with van der Waals surface area (Å²) in [7, 11) is 0. The van der Waals surface area contributed by atoms with E-state index in [4.69, 9.17) is 19.3 Å². The highest BCUT2D eigenvalue weighted by molar-refractivity contribution is 5.86. The second-order valence-corrected chi connectivity index (χ2v) is 5.44. The zero-order valence-electron chi connectivity index (χ0n) is 14.7. The molecule has 0 saturated carbocycles. The van der Waals surface area contributed by atoms with Crippen molar-refractivity contribution >= 4 is 12.1 Å². The number of carbonyl (C=O) groups excluding carboxylic acids is 2. The maximum absolute atomic E-state index is 11.4. The quantitative estimate of drug-likeness (QED) is 0.268. The molecular formula is C17H31NO6. The van der Waals surface area contributed by atoms with Crippen LogP contribution in [0.1, 0.15) is 45.4 Å². The molecule has 0 aromatic rings. The van der Waals surface area contributed by atoms with Crippen LogP contribution in [0.4, 0.5) is 4.79 Å². The molecule has 0 fully saturated rings. The Kier molecular flexibility index (Phi) is 15.2. The zero-order valence-corrected chi connectivity index (χ0v) is 14.7. The third kappa shape index (κ3) is 15.3. The molecule has 0 spiro atoms. The van der Waals surface area contributed by atoms with Crippen molar-refractivity contribution < 1.29 is 28.9 Å². The van der Waals surface area contributed by atoms with E-state index in [1.54, 1.807) is 6.92 Å². The van der Waals surface area contributed by atoms with Crippen LogP contribution in [0, 0.1) is 0 Å². The van der Waals surface area contributed by atoms with E-state index >= 15 is 0 Å². The van der Waals surface area contributed by atoms with Gasteiger partial charge in [-0.2, -0.15) is 0 Å². The van der Waals surface area contributed by atoms with Crippen LogP contribution < -0.4 is 5.32 Å². The Labute approximate surface area is 144 Å². The predicted molar refractivity (Wildman–Crippen MR) is 90.7 cm³/mol. The maximum Gasteiger partial charge on any atom is 0.407 e. The lowest BCUT2D eigenvalue weighted by Gasteiger charge is -2.08. The normalized spacial score (nSPS) is 10.2. The summed E-state index contributed by atoms with van der Waals surface area (Å²) in [5.74, 6) is -0.436. The number of carbonyl (C=O) groups is 2. The first-order valence-electron chi connectivity index (χ1n) is 8.49. The van der Waals surface area contributed by atoms with Gasteiger partial charge in [0.2, 0.25) is 0 Å². The molecule has 0 radical (unpaired) electrons. The summed E-state index contributed by atoms with van der Waals surface area (Å²) >= 11 is 0. The zero-order chi connectivity index (χ0) is 18.0. The number of ether oxygens (including phenoxy) is 3. The summed E-state index contributed by atoms with van der Waals surface area (Å²) in [6.07, 6.45) is 5.51. The Morgan fingerprint density at radius 2 is 1.58 bits per heavy atom. The van der Waals surface area contributed by atoms with Crippen LogP contribution in [0.25, 0.3) is 0 Å². The number of nitrogens with one attached hydrogen (secondary N) is 1. The fourth-order valence-electron chi connectivity index (χ4n) is 1.78. The van der Waals surface area contributed by atoms with Crippen molar-refractivity contribution in [1.82, 2.24) is 5.32 Å². The van der Waals surface area contributed by atoms with E-state index in [2.05, 4.69) is 11.9 Å². The summed E-state index contributed by atoms with van der Waals surface area (Å²) in [6, 6.07) is 0. The Balaban J connectivity index is 3.27. The predicted octanol–water partition coefficient (Wildman–Crippen LogP) is 2.18. The third-order valence-corrected chi connectivity index (χ3v) is 3.11. The molecule has 0 heterocycles. The Hall–Kier alpha value is -1.60. The molecule has 0 aromatic carbocycles. The lowest BCUT2D eigenvalue weighted by atomic mass is 10.1. The highest BCUT2D eigenvalue weighted by Crippen LogP contribution is 2.05. The second-order valence-electron chi connectivity index (χ2n) is 5.44. The van der Waals surface area contributed by atoms with Gasteiger partial charge >= 0.3 is 12.1 Å². The minimum Gasteiger partial charge on any atom is -0.460 e. The van der Waals surface area contributed by atoms with Crippen molar-refractivity contribution in [2.45, 2.75) is 45.4 Å². The fraction of sp³-hybridized carbons (Fsp3) is 0.765. The topological polar surface area (TPSA) is 94.1 Å². The Morgan fingerprint density at radius 3 is 2.25 bits per heavy atom. The first kappa shape index (κ1) is 22.4. The number of unbranched alkanes of at least 4 members (excludes halogenated alkanes) is 5. The van der Waals surface area contributed by atoms with Crippen molar-refractivity contribution in [1.29, 1.82) is 0 Å². The molecular weight excluding hydrogens is 314 g/mol. The molecule has 24 heavy (non-hydrogen) atoms. The van der Waals surface area contributed by atoms with E-state index in [1.165, 1.54) is 0 Å². The monoisotopic (exact) mass is 345 g/mol. The summed E-state index contributed by atoms with van der Waals surface area (Å²) < 4.78 is 15.1. The van der Waals surface area contributed by atoms with Gasteiger partial charge in [-0.1, -0.05) is 32.3 Å². The van der Waals surface area contributed by atoms with Gasteiger partial charge in [0.15, 0.2) is 0 Å². The number of hydrogen-bond donors (Lipinski definition) is 2. The molecule has 7 heteroatoms. The number of alkyl carbamates (subject to hydrolysis) is 1. The first-order chi connectivity index (χ1) is 11.6. The van der Waals surface area contributed by atoms with Crippen LogP contribution in [0.3, 0.4) is 0 Å². The first-order valence-corrected chi connectivity index (χ1v) is 8.49. The highest BCUT2D eigenvalue weighted by Gasteiger charge is 2.03. The van der Waals surface area contributed by atoms with Crippen molar-refractivity contribution in [2.75, 3.05) is 39.6 Å². The molecule has 140 valence electrons. The fourth-order valence-corrected chi connectivity index (χ4v) is 1.78. The van der Waals surface area contributed by atoms with Crippen molar-refractivity contribution in [3.8, 4) is 0 Å². The lowest BCUT2D eigenvalue weighted by molar-refractivity contribution is -0.140. The van der Waals surface area contributed by atoms with E-state index in [0.29, 0.717) is 25.3 Å². The summed E-state index contributed by atoms with van der Waals surface area (Å²) in [6.45, 7) is 6.81. The van der Waals surface area contributed by atoms with Crippen LogP contribution in [0.5, 0.6) is 0 Å². The average molecular weight is 345 g/mol. The summed E-state index contributed by atoms with van der Waals surface area (Å²) in [5.41, 5.74) is 0.351. The number of esters is 1. The number of aliphatic hydroxyl groups is 1. The molecule has 0 aliphatic heterocycles. The molecule has 1 amide bonds. The second kappa shape index (κ2) is 16.3. The third-order valence-electron chi connectivity index (χ3n) is 3.11. The molecule has 0 rings (SSSR count). The Bertz CT molecular complexity index is 359. The molecule has 0 saturated heterocycles. The van der Waals surface area contributed by atoms with Gasteiger partial charge in [0, 0.05) is 18.7 Å². The van der Waals surface area contributed by atoms with Crippen LogP contribution >= 0.6 is 0 Å². The number of rotatable bonds is 15. The average Bonchev–Trinajstić information content (AvgIpc) is 2.56. The SMILES string of the molecule is C=C(C)C(=O)OCCOCCNC(=O)OCCCCCCCCO. The van der Waals surface area contributed by atoms with Crippen molar-refractivity contribution in [2.24, 2.45) is 0 Å². The molecule has 0 aliphatic rings. The van der Waals surface area contributed by atoms with Crippen LogP contribution in [0.2, 0.25) is 0 Å². The molecule has 7 nitrogen and oxygen atoms in total. The molecule has 0 aromatic heterocycles. The number of amides is 1. The Morgan fingerprint density at radius 1 is 0.917 bits per heavy atom. The van der Waals surface area contributed by atoms with Gasteiger partial charge in [-0.05, 0) is 19.8 Å². The summed E-state index contributed by atoms with van der Waals surface area (Å²) in [5, 5.41) is 11.2. The van der Waals surface area contributed by atoms with E-state index in [1.807, 2.05) is 0 Å². The standard InChI is InChI=1S/C17H31NO6/c1-15(2)16(20)23-14-13-22-12-9-18-17(21)24-11-8-6-4-3-5-7-10-19/h19H,1,3-14H2,2H3,(H,18,21). The van der Waals surface area contributed by atoms with E-state index < -0.39 is 12.1 Å². The van der Waals surface area contributed by atoms with E-state index in [0.717, 1.165) is 38.5 Å². The summed E-state index contributed by atoms with van der Waals surface area (Å²) in [4.78, 5) is 22.4. The lowest BCUT2D eigenvalue weighted by Crippen LogP contribution is -2.28. The molecule has 0 atom stereocenters. The molecule has 2 N–H and O–H groups in total. The van der Waals surface area contributed by atoms with Gasteiger partial charge < -0.3 is 24.6 Å². The minimum atomic E-state index is -0.451. The molecule has 0 unspecified atom stereocenters. The van der Waals surface area contributed by atoms with Gasteiger partial charge in [-0.25, -0.2) is 9.59 Å². The number of hydrogen-bond acceptors (Lipinski definition) is 6. The van der Waals surface area contributed by atoms with Crippen molar-refractivity contribution in [3.63, 3.8) is 0 Å². The van der Waals surface area contributed by atoms with Gasteiger partial charge in [-0.3, -0.25) is 0 Å². The van der Waals surface area contributed by atoms with Crippen LogP contribution in [-0.2, 0) is 19.0 Å². The van der Waals surface area contributed by atoms with Gasteiger partial charge in [-0.15, -0.1) is 0 Å². The largest absolute Gasteiger partial charge is 0.460 e. The van der Waals surface area contributed by atoms with Gasteiger partial charge in [0.25, 0.3) is 0 Å². The maximum atomic E-state index is 11.4. The van der Waals surface area contributed by atoms with E-state index in [-0.39, 0.29) is 19.8 Å². The van der Waals surface area contributed by atoms with Crippen molar-refractivity contribution in [3.05, 3.63) is 12.2 Å². The minimum absolute atomic E-state index is 0.161. The molecule has 0 aliphatic carbocycles. The molecule has 0 bridgehead atoms. The van der Waals surface area contributed by atoms with Crippen LogP contribution in [0.15, 0.2) is 12.2 Å². The van der Waals surface area contributed by atoms with E-state index in [9.17, 15) is 9.59 Å². The van der Waals surface area contributed by atoms with Gasteiger partial charge in [0.1, 0.15) is 6.61 Å². The highest BCUT2D eigenvalue weighted by atomic mass is 16.6.